The van der Waals surface area contributed by atoms with Gasteiger partial charge in [-0.15, -0.1) is 11.6 Å². The van der Waals surface area contributed by atoms with Gasteiger partial charge in [-0.05, 0) is 24.1 Å². The van der Waals surface area contributed by atoms with E-state index in [9.17, 15) is 9.18 Å². The van der Waals surface area contributed by atoms with Crippen LogP contribution in [0.1, 0.15) is 18.1 Å². The monoisotopic (exact) mass is 239 g/mol. The van der Waals surface area contributed by atoms with Crippen LogP contribution in [0.4, 0.5) is 4.39 Å². The van der Waals surface area contributed by atoms with E-state index in [1.54, 1.807) is 25.1 Å². The Morgan fingerprint density at radius 2 is 2.19 bits per heavy atom. The van der Waals surface area contributed by atoms with E-state index >= 15 is 0 Å². The molecule has 2 rings (SSSR count). The highest BCUT2D eigenvalue weighted by Gasteiger charge is 2.10. The van der Waals surface area contributed by atoms with Gasteiger partial charge < -0.3 is 4.98 Å². The zero-order valence-corrected chi connectivity index (χ0v) is 9.57. The fourth-order valence-electron chi connectivity index (χ4n) is 1.75. The highest BCUT2D eigenvalue weighted by Crippen LogP contribution is 2.19. The smallest absolute Gasteiger partial charge is 0.254 e. The molecule has 1 aromatic carbocycles. The summed E-state index contributed by atoms with van der Waals surface area (Å²) in [6.07, 6.45) is 0.383. The minimum Gasteiger partial charge on any atom is -0.322 e. The fourth-order valence-corrected chi connectivity index (χ4v) is 1.91. The second-order valence-electron chi connectivity index (χ2n) is 3.61. The number of rotatable bonds is 2. The normalized spacial score (nSPS) is 10.9. The lowest BCUT2D eigenvalue weighted by atomic mass is 10.1. The van der Waals surface area contributed by atoms with E-state index < -0.39 is 5.82 Å². The number of hydrogen-bond acceptors (Lipinski definition) is 1. The molecular weight excluding hydrogens is 229 g/mol. The molecule has 1 heterocycles. The van der Waals surface area contributed by atoms with Crippen LogP contribution in [0.3, 0.4) is 0 Å². The number of fused-ring (bicyclic) bond motifs is 1. The molecule has 1 aromatic heterocycles. The van der Waals surface area contributed by atoms with E-state index in [0.717, 1.165) is 5.56 Å². The molecule has 0 unspecified atom stereocenters. The first-order chi connectivity index (χ1) is 7.67. The summed E-state index contributed by atoms with van der Waals surface area (Å²) in [6.45, 7) is 1.76. The van der Waals surface area contributed by atoms with Crippen molar-refractivity contribution in [3.63, 3.8) is 0 Å². The highest BCUT2D eigenvalue weighted by atomic mass is 35.5. The maximum atomic E-state index is 13.9. The molecule has 84 valence electrons. The molecule has 1 N–H and O–H groups in total. The van der Waals surface area contributed by atoms with Crippen LogP contribution in [0, 0.1) is 5.82 Å². The summed E-state index contributed by atoms with van der Waals surface area (Å²) in [6, 6.07) is 5.11. The van der Waals surface area contributed by atoms with E-state index in [1.807, 2.05) is 0 Å². The molecule has 2 aromatic rings. The molecule has 0 fully saturated rings. The van der Waals surface area contributed by atoms with E-state index in [4.69, 9.17) is 11.6 Å². The summed E-state index contributed by atoms with van der Waals surface area (Å²) in [4.78, 5) is 14.2. The summed E-state index contributed by atoms with van der Waals surface area (Å²) in [5.74, 6) is -0.0860. The third kappa shape index (κ3) is 1.71. The Labute approximate surface area is 97.1 Å². The Morgan fingerprint density at radius 3 is 2.81 bits per heavy atom. The minimum atomic E-state index is -0.428. The summed E-state index contributed by atoms with van der Waals surface area (Å²) in [7, 11) is 0. The number of aromatic nitrogens is 1. The van der Waals surface area contributed by atoms with E-state index in [2.05, 4.69) is 4.98 Å². The van der Waals surface area contributed by atoms with Crippen molar-refractivity contribution in [2.45, 2.75) is 19.2 Å². The first-order valence-corrected chi connectivity index (χ1v) is 5.60. The van der Waals surface area contributed by atoms with Gasteiger partial charge >= 0.3 is 0 Å². The molecule has 0 spiro atoms. The third-order valence-corrected chi connectivity index (χ3v) is 2.92. The van der Waals surface area contributed by atoms with Crippen molar-refractivity contribution in [3.05, 3.63) is 45.5 Å². The molecule has 16 heavy (non-hydrogen) atoms. The predicted octanol–water partition coefficient (Wildman–Crippen LogP) is 2.97. The molecule has 0 aliphatic rings. The molecule has 0 atom stereocenters. The van der Waals surface area contributed by atoms with Gasteiger partial charge in [0.05, 0.1) is 11.1 Å². The second-order valence-corrected chi connectivity index (χ2v) is 3.88. The zero-order chi connectivity index (χ0) is 11.7. The summed E-state index contributed by atoms with van der Waals surface area (Å²) >= 11 is 5.68. The number of benzene rings is 1. The van der Waals surface area contributed by atoms with E-state index in [1.165, 1.54) is 0 Å². The molecule has 0 radical (unpaired) electrons. The Kier molecular flexibility index (Phi) is 2.97. The average molecular weight is 240 g/mol. The SMILES string of the molecule is CCc1c(F)c2ccc(CCl)cc2[nH]c1=O. The van der Waals surface area contributed by atoms with Gasteiger partial charge in [-0.3, -0.25) is 4.79 Å². The van der Waals surface area contributed by atoms with Crippen molar-refractivity contribution in [1.82, 2.24) is 4.98 Å². The van der Waals surface area contributed by atoms with Crippen molar-refractivity contribution in [3.8, 4) is 0 Å². The van der Waals surface area contributed by atoms with Crippen LogP contribution in [0.2, 0.25) is 0 Å². The number of aromatic amines is 1. The van der Waals surface area contributed by atoms with Crippen molar-refractivity contribution < 1.29 is 4.39 Å². The number of H-pyrrole nitrogens is 1. The number of nitrogens with one attached hydrogen (secondary N) is 1. The lowest BCUT2D eigenvalue weighted by Gasteiger charge is -2.05. The molecule has 0 saturated heterocycles. The molecule has 0 amide bonds. The van der Waals surface area contributed by atoms with Crippen LogP contribution >= 0.6 is 11.6 Å². The van der Waals surface area contributed by atoms with Gasteiger partial charge in [0, 0.05) is 11.3 Å². The van der Waals surface area contributed by atoms with Gasteiger partial charge in [0.15, 0.2) is 0 Å². The summed E-state index contributed by atoms with van der Waals surface area (Å²) in [5, 5.41) is 0.435. The van der Waals surface area contributed by atoms with Crippen molar-refractivity contribution in [2.75, 3.05) is 0 Å². The first-order valence-electron chi connectivity index (χ1n) is 5.06. The second kappa shape index (κ2) is 4.26. The van der Waals surface area contributed by atoms with Crippen LogP contribution in [-0.4, -0.2) is 4.98 Å². The van der Waals surface area contributed by atoms with Gasteiger partial charge in [-0.2, -0.15) is 0 Å². The lowest BCUT2D eigenvalue weighted by Crippen LogP contribution is -2.14. The number of pyridine rings is 1. The van der Waals surface area contributed by atoms with E-state index in [0.29, 0.717) is 23.2 Å². The predicted molar refractivity (Wildman–Crippen MR) is 63.5 cm³/mol. The Hall–Kier alpha value is -1.35. The minimum absolute atomic E-state index is 0.200. The Bertz CT molecular complexity index is 591. The molecule has 0 bridgehead atoms. The lowest BCUT2D eigenvalue weighted by molar-refractivity contribution is 0.619. The van der Waals surface area contributed by atoms with Gasteiger partial charge in [-0.25, -0.2) is 4.39 Å². The number of halogens is 2. The van der Waals surface area contributed by atoms with Gasteiger partial charge in [0.2, 0.25) is 0 Å². The third-order valence-electron chi connectivity index (χ3n) is 2.62. The van der Waals surface area contributed by atoms with Crippen LogP contribution in [-0.2, 0) is 12.3 Å². The van der Waals surface area contributed by atoms with Gasteiger partial charge in [0.25, 0.3) is 5.56 Å². The molecule has 0 aliphatic carbocycles. The molecule has 0 aliphatic heterocycles. The number of alkyl halides is 1. The van der Waals surface area contributed by atoms with Crippen molar-refractivity contribution >= 4 is 22.5 Å². The maximum absolute atomic E-state index is 13.9. The fraction of sp³-hybridized carbons (Fsp3) is 0.250. The quantitative estimate of drug-likeness (QED) is 0.803. The molecule has 4 heteroatoms. The van der Waals surface area contributed by atoms with Gasteiger partial charge in [-0.1, -0.05) is 13.0 Å². The highest BCUT2D eigenvalue weighted by molar-refractivity contribution is 6.17. The van der Waals surface area contributed by atoms with Crippen molar-refractivity contribution in [2.24, 2.45) is 0 Å². The largest absolute Gasteiger partial charge is 0.322 e. The zero-order valence-electron chi connectivity index (χ0n) is 8.81. The van der Waals surface area contributed by atoms with Crippen LogP contribution in [0.25, 0.3) is 10.9 Å². The Balaban J connectivity index is 2.81. The van der Waals surface area contributed by atoms with Crippen molar-refractivity contribution in [1.29, 1.82) is 0 Å². The first kappa shape index (κ1) is 11.1. The van der Waals surface area contributed by atoms with Crippen LogP contribution in [0.5, 0.6) is 0 Å². The maximum Gasteiger partial charge on any atom is 0.254 e. The number of hydrogen-bond donors (Lipinski definition) is 1. The van der Waals surface area contributed by atoms with Gasteiger partial charge in [0.1, 0.15) is 5.82 Å². The standard InChI is InChI=1S/C12H11ClFNO/c1-2-8-11(14)9-4-3-7(6-13)5-10(9)15-12(8)16/h3-5H,2,6H2,1H3,(H,15,16). The molecule has 0 saturated carbocycles. The van der Waals surface area contributed by atoms with Crippen LogP contribution < -0.4 is 5.56 Å². The Morgan fingerprint density at radius 1 is 1.44 bits per heavy atom. The van der Waals surface area contributed by atoms with E-state index in [-0.39, 0.29) is 11.1 Å². The molecular formula is C12H11ClFNO. The summed E-state index contributed by atoms with van der Waals surface area (Å²) in [5.41, 5.74) is 1.19. The molecule has 2 nitrogen and oxygen atoms in total. The summed E-state index contributed by atoms with van der Waals surface area (Å²) < 4.78 is 13.9. The van der Waals surface area contributed by atoms with Crippen LogP contribution in [0.15, 0.2) is 23.0 Å². The average Bonchev–Trinajstić information content (AvgIpc) is 2.28. The topological polar surface area (TPSA) is 32.9 Å².